The van der Waals surface area contributed by atoms with Gasteiger partial charge in [-0.25, -0.2) is 4.85 Å². The van der Waals surface area contributed by atoms with E-state index >= 15 is 0 Å². The lowest BCUT2D eigenvalue weighted by molar-refractivity contribution is 0.112. The van der Waals surface area contributed by atoms with Crippen LogP contribution < -0.4 is 9.80 Å². The molecule has 0 fully saturated rings. The molecule has 0 amide bonds. The largest absolute Gasteiger partial charge is 0.372 e. The molecule has 0 aromatic heterocycles. The highest BCUT2D eigenvalue weighted by atomic mass is 31.2. The van der Waals surface area contributed by atoms with Crippen molar-refractivity contribution in [1.29, 1.82) is 15.8 Å². The Morgan fingerprint density at radius 3 is 1.39 bits per heavy atom. The fourth-order valence-corrected chi connectivity index (χ4v) is 10.4. The lowest BCUT2D eigenvalue weighted by Crippen LogP contribution is -2.21. The lowest BCUT2D eigenvalue weighted by atomic mass is 9.92. The van der Waals surface area contributed by atoms with E-state index in [0.29, 0.717) is 33.2 Å². The van der Waals surface area contributed by atoms with Crippen molar-refractivity contribution in [2.24, 2.45) is 0 Å². The summed E-state index contributed by atoms with van der Waals surface area (Å²) in [6.45, 7) is 24.4. The Morgan fingerprint density at radius 1 is 0.528 bits per heavy atom. The molecule has 0 atom stereocenters. The molecule has 72 heavy (non-hydrogen) atoms. The van der Waals surface area contributed by atoms with Crippen molar-refractivity contribution in [3.05, 3.63) is 184 Å². The second-order valence-electron chi connectivity index (χ2n) is 16.3. The van der Waals surface area contributed by atoms with Gasteiger partial charge in [0.05, 0.1) is 42.6 Å². The number of benzene rings is 8. The van der Waals surface area contributed by atoms with E-state index in [1.54, 1.807) is 19.9 Å². The van der Waals surface area contributed by atoms with Gasteiger partial charge >= 0.3 is 7.60 Å². The normalized spacial score (nSPS) is 10.8. The summed E-state index contributed by atoms with van der Waals surface area (Å²) < 4.78 is 23.6. The maximum absolute atomic E-state index is 12.8. The van der Waals surface area contributed by atoms with Crippen LogP contribution in [0.3, 0.4) is 0 Å². The van der Waals surface area contributed by atoms with Gasteiger partial charge in [-0.15, -0.1) is 0 Å². The van der Waals surface area contributed by atoms with Crippen molar-refractivity contribution >= 4 is 86.2 Å². The standard InChI is InChI=1S/C28H23N3.C21H19N2O3P.C11H15NO.CH4/c1-4-31(5-2)22-15-12-20(13-16-22)10-11-21-14-17-24-26(18-21)28(30-3)25-9-7-6-8-23(25)27(24)19-29;1-3-25-27(24,26-4-2)14-15-9-10-18-19(11-15)21(13-23)17-8-6-5-7-16(17)20(18)12-22;1-3-12(4-2)11-7-5-10(9-13)6-8-11;/h6-18H,4-5H2,1-2H3;5-11H,3-4,14H2,1-2H3;5-9H,3-4H2,1-2H3;1H4. The van der Waals surface area contributed by atoms with Crippen LogP contribution >= 0.6 is 7.60 Å². The van der Waals surface area contributed by atoms with Crippen molar-refractivity contribution in [2.45, 2.75) is 55.1 Å². The van der Waals surface area contributed by atoms with Crippen LogP contribution in [0.15, 0.2) is 133 Å². The minimum atomic E-state index is -3.26. The first-order valence-corrected chi connectivity index (χ1v) is 25.6. The molecule has 0 unspecified atom stereocenters. The third kappa shape index (κ3) is 12.4. The Morgan fingerprint density at radius 2 is 0.931 bits per heavy atom. The predicted molar refractivity (Wildman–Crippen MR) is 299 cm³/mol. The van der Waals surface area contributed by atoms with Crippen LogP contribution in [-0.2, 0) is 19.8 Å². The molecule has 0 spiro atoms. The van der Waals surface area contributed by atoms with Gasteiger partial charge in [0.2, 0.25) is 5.69 Å². The third-order valence-corrected chi connectivity index (χ3v) is 14.3. The Labute approximate surface area is 424 Å². The second kappa shape index (κ2) is 26.2. The van der Waals surface area contributed by atoms with E-state index in [1.807, 2.05) is 103 Å². The van der Waals surface area contributed by atoms with Crippen molar-refractivity contribution in [3.8, 4) is 18.2 Å². The first kappa shape index (κ1) is 54.9. The number of hydrogen-bond acceptors (Lipinski definition) is 9. The van der Waals surface area contributed by atoms with Gasteiger partial charge < -0.3 is 18.8 Å². The fourth-order valence-electron chi connectivity index (χ4n) is 8.76. The molecule has 11 heteroatoms. The first-order valence-electron chi connectivity index (χ1n) is 23.8. The van der Waals surface area contributed by atoms with Crippen LogP contribution in [0.25, 0.3) is 60.1 Å². The summed E-state index contributed by atoms with van der Waals surface area (Å²) in [5, 5.41) is 35.4. The number of carbonyl (C=O) groups is 1. The van der Waals surface area contributed by atoms with Crippen molar-refractivity contribution in [1.82, 2.24) is 0 Å². The summed E-state index contributed by atoms with van der Waals surface area (Å²) >= 11 is 0. The molecule has 0 bridgehead atoms. The maximum atomic E-state index is 12.8. The highest BCUT2D eigenvalue weighted by Gasteiger charge is 2.25. The summed E-state index contributed by atoms with van der Waals surface area (Å²) in [4.78, 5) is 18.8. The molecular weight excluding hydrogens is 912 g/mol. The van der Waals surface area contributed by atoms with Gasteiger partial charge in [0.25, 0.3) is 0 Å². The maximum Gasteiger partial charge on any atom is 0.335 e. The topological polar surface area (TPSA) is 135 Å². The van der Waals surface area contributed by atoms with Gasteiger partial charge in [0.1, 0.15) is 24.5 Å². The molecule has 0 aliphatic heterocycles. The van der Waals surface area contributed by atoms with E-state index in [0.717, 1.165) is 87.0 Å². The monoisotopic (exact) mass is 972 g/mol. The number of anilines is 2. The molecule has 0 N–H and O–H groups in total. The number of rotatable bonds is 15. The Hall–Kier alpha value is -8.08. The van der Waals surface area contributed by atoms with E-state index in [4.69, 9.17) is 15.6 Å². The highest BCUT2D eigenvalue weighted by molar-refractivity contribution is 7.53. The summed E-state index contributed by atoms with van der Waals surface area (Å²) in [5.74, 6) is 0. The second-order valence-corrected chi connectivity index (χ2v) is 18.3. The van der Waals surface area contributed by atoms with E-state index in [1.165, 1.54) is 11.4 Å². The van der Waals surface area contributed by atoms with Gasteiger partial charge in [0.15, 0.2) is 0 Å². The summed E-state index contributed by atoms with van der Waals surface area (Å²) in [7, 11) is -3.26. The molecule has 8 aromatic rings. The fraction of sp³-hybridized carbons (Fsp3) is 0.230. The zero-order chi connectivity index (χ0) is 50.9. The van der Waals surface area contributed by atoms with Crippen molar-refractivity contribution in [2.75, 3.05) is 49.2 Å². The third-order valence-electron chi connectivity index (χ3n) is 12.2. The van der Waals surface area contributed by atoms with E-state index in [2.05, 4.69) is 97.0 Å². The molecule has 8 aromatic carbocycles. The van der Waals surface area contributed by atoms with Crippen molar-refractivity contribution in [3.63, 3.8) is 0 Å². The average molecular weight is 973 g/mol. The van der Waals surface area contributed by atoms with E-state index in [-0.39, 0.29) is 26.8 Å². The Balaban J connectivity index is 0.000000215. The molecule has 364 valence electrons. The summed E-state index contributed by atoms with van der Waals surface area (Å²) in [5.41, 5.74) is 8.26. The number of aldehydes is 1. The molecule has 0 radical (unpaired) electrons. The van der Waals surface area contributed by atoms with E-state index in [9.17, 15) is 25.1 Å². The van der Waals surface area contributed by atoms with Gasteiger partial charge in [-0.2, -0.15) is 15.8 Å². The van der Waals surface area contributed by atoms with Gasteiger partial charge in [-0.3, -0.25) is 9.36 Å². The summed E-state index contributed by atoms with van der Waals surface area (Å²) in [6, 6.07) is 49.5. The SMILES string of the molecule is C.CCN(CC)c1ccc(C=O)cc1.CCOP(=O)(Cc1ccc2c(C#N)c3ccccc3c(C#N)c2c1)OCC.[C-]#[N+]c1c2ccccc2c(C#N)c2ccc(C=Cc3ccc(N(CC)CC)cc3)cc12. The van der Waals surface area contributed by atoms with Gasteiger partial charge in [-0.1, -0.05) is 111 Å². The molecule has 0 heterocycles. The van der Waals surface area contributed by atoms with Crippen LogP contribution in [0.4, 0.5) is 17.1 Å². The molecule has 0 saturated heterocycles. The minimum Gasteiger partial charge on any atom is -0.372 e. The van der Waals surface area contributed by atoms with Crippen LogP contribution in [0.5, 0.6) is 0 Å². The molecule has 10 nitrogen and oxygen atoms in total. The van der Waals surface area contributed by atoms with Crippen LogP contribution in [0.2, 0.25) is 0 Å². The molecule has 0 saturated carbocycles. The number of fused-ring (bicyclic) bond motifs is 4. The van der Waals surface area contributed by atoms with Crippen LogP contribution in [-0.4, -0.2) is 45.7 Å². The highest BCUT2D eigenvalue weighted by Crippen LogP contribution is 2.51. The summed E-state index contributed by atoms with van der Waals surface area (Å²) in [6.07, 6.45) is 5.12. The van der Waals surface area contributed by atoms with Crippen LogP contribution in [0, 0.1) is 40.6 Å². The van der Waals surface area contributed by atoms with Crippen molar-refractivity contribution < 1.29 is 18.4 Å². The minimum absolute atomic E-state index is 0. The number of carbonyl (C=O) groups excluding carboxylic acids is 1. The predicted octanol–water partition coefficient (Wildman–Crippen LogP) is 15.9. The zero-order valence-electron chi connectivity index (χ0n) is 41.1. The number of hydrogen-bond donors (Lipinski definition) is 0. The van der Waals surface area contributed by atoms with Gasteiger partial charge in [0, 0.05) is 64.7 Å². The molecule has 0 aliphatic carbocycles. The number of nitrogens with zero attached hydrogens (tertiary/aromatic N) is 6. The quantitative estimate of drug-likeness (QED) is 0.0323. The smallest absolute Gasteiger partial charge is 0.335 e. The van der Waals surface area contributed by atoms with Gasteiger partial charge in [-0.05, 0) is 122 Å². The lowest BCUT2D eigenvalue weighted by Gasteiger charge is -2.20. The zero-order valence-corrected chi connectivity index (χ0v) is 42.0. The van der Waals surface area contributed by atoms with Crippen LogP contribution in [0.1, 0.15) is 92.7 Å². The molecule has 0 aliphatic rings. The molecule has 8 rings (SSSR count). The Kier molecular flexibility index (Phi) is 20.0. The Bertz CT molecular complexity index is 3410. The average Bonchev–Trinajstić information content (AvgIpc) is 3.40. The van der Waals surface area contributed by atoms with E-state index < -0.39 is 7.60 Å². The number of nitriles is 3. The molecular formula is C61H61N6O4P. The first-order chi connectivity index (χ1) is 34.6.